The van der Waals surface area contributed by atoms with E-state index in [1.165, 1.54) is 23.6 Å². The Balaban J connectivity index is 1.98. The fraction of sp³-hybridized carbons (Fsp3) is 0.143. The van der Waals surface area contributed by atoms with E-state index >= 15 is 0 Å². The van der Waals surface area contributed by atoms with E-state index in [4.69, 9.17) is 5.11 Å². The molecule has 2 N–H and O–H groups in total. The molecule has 1 amide bonds. The molecule has 0 spiro atoms. The molecule has 0 atom stereocenters. The number of hydrogen-bond donors (Lipinski definition) is 2. The van der Waals surface area contributed by atoms with Gasteiger partial charge in [0.2, 0.25) is 5.91 Å². The summed E-state index contributed by atoms with van der Waals surface area (Å²) < 4.78 is 13.4. The van der Waals surface area contributed by atoms with Gasteiger partial charge in [0.15, 0.2) is 5.13 Å². The minimum absolute atomic E-state index is 0.0517. The van der Waals surface area contributed by atoms with Crippen LogP contribution in [0.2, 0.25) is 0 Å². The maximum Gasteiger partial charge on any atom is 0.230 e. The molecule has 1 heterocycles. The summed E-state index contributed by atoms with van der Waals surface area (Å²) in [6.07, 6.45) is 1.45. The molecule has 0 bridgehead atoms. The van der Waals surface area contributed by atoms with Crippen LogP contribution in [0, 0.1) is 17.7 Å². The zero-order chi connectivity index (χ0) is 14.4. The Morgan fingerprint density at radius 1 is 1.45 bits per heavy atom. The molecule has 2 rings (SSSR count). The lowest BCUT2D eigenvalue weighted by atomic mass is 10.1. The molecule has 102 valence electrons. The van der Waals surface area contributed by atoms with Gasteiger partial charge in [-0.25, -0.2) is 9.37 Å². The molecule has 0 saturated heterocycles. The third-order valence-corrected chi connectivity index (χ3v) is 3.18. The van der Waals surface area contributed by atoms with Crippen molar-refractivity contribution in [3.05, 3.63) is 46.7 Å². The highest BCUT2D eigenvalue weighted by Gasteiger charge is 2.09. The Kier molecular flexibility index (Phi) is 4.82. The number of carbonyl (C=O) groups excluding carboxylic acids is 1. The van der Waals surface area contributed by atoms with Gasteiger partial charge in [0.05, 0.1) is 17.5 Å². The van der Waals surface area contributed by atoms with Crippen LogP contribution < -0.4 is 5.32 Å². The van der Waals surface area contributed by atoms with Crippen molar-refractivity contribution >= 4 is 22.4 Å². The number of amides is 1. The SMILES string of the molecule is O=C(Cc1ccccc1F)Nc1ncc(C#CCO)s1. The molecule has 1 aromatic heterocycles. The number of rotatable bonds is 3. The number of nitrogens with one attached hydrogen (secondary N) is 1. The number of anilines is 1. The van der Waals surface area contributed by atoms with Gasteiger partial charge < -0.3 is 10.4 Å². The lowest BCUT2D eigenvalue weighted by Gasteiger charge is -2.02. The van der Waals surface area contributed by atoms with Crippen LogP contribution in [0.15, 0.2) is 30.5 Å². The van der Waals surface area contributed by atoms with Crippen molar-refractivity contribution in [2.45, 2.75) is 6.42 Å². The summed E-state index contributed by atoms with van der Waals surface area (Å²) in [7, 11) is 0. The maximum absolute atomic E-state index is 13.4. The molecule has 0 aliphatic rings. The molecular weight excluding hydrogens is 279 g/mol. The number of halogens is 1. The summed E-state index contributed by atoms with van der Waals surface area (Å²) in [5.41, 5.74) is 0.335. The first-order valence-electron chi connectivity index (χ1n) is 5.78. The minimum Gasteiger partial charge on any atom is -0.384 e. The van der Waals surface area contributed by atoms with E-state index in [0.29, 0.717) is 15.6 Å². The van der Waals surface area contributed by atoms with Gasteiger partial charge in [0.1, 0.15) is 12.4 Å². The highest BCUT2D eigenvalue weighted by molar-refractivity contribution is 7.16. The monoisotopic (exact) mass is 290 g/mol. The number of nitrogens with zero attached hydrogens (tertiary/aromatic N) is 1. The van der Waals surface area contributed by atoms with Crippen LogP contribution in [-0.4, -0.2) is 22.6 Å². The van der Waals surface area contributed by atoms with E-state index in [9.17, 15) is 9.18 Å². The Morgan fingerprint density at radius 3 is 3.00 bits per heavy atom. The van der Waals surface area contributed by atoms with E-state index < -0.39 is 5.82 Å². The molecule has 4 nitrogen and oxygen atoms in total. The first-order chi connectivity index (χ1) is 9.69. The Hall–Kier alpha value is -2.23. The fourth-order valence-corrected chi connectivity index (χ4v) is 2.20. The van der Waals surface area contributed by atoms with Gasteiger partial charge in [0.25, 0.3) is 0 Å². The summed E-state index contributed by atoms with van der Waals surface area (Å²) in [5, 5.41) is 11.6. The molecule has 2 aromatic rings. The standard InChI is InChI=1S/C14H11FN2O2S/c15-12-6-2-1-4-10(12)8-13(19)17-14-16-9-11(20-14)5-3-7-18/h1-2,4,6,9,18H,7-8H2,(H,16,17,19). The molecule has 0 aliphatic carbocycles. The zero-order valence-electron chi connectivity index (χ0n) is 10.4. The first kappa shape index (κ1) is 14.2. The van der Waals surface area contributed by atoms with Gasteiger partial charge in [-0.1, -0.05) is 41.4 Å². The lowest BCUT2D eigenvalue weighted by molar-refractivity contribution is -0.115. The van der Waals surface area contributed by atoms with Crippen molar-refractivity contribution in [1.29, 1.82) is 0 Å². The quantitative estimate of drug-likeness (QED) is 0.847. The van der Waals surface area contributed by atoms with Crippen LogP contribution >= 0.6 is 11.3 Å². The molecular formula is C14H11FN2O2S. The van der Waals surface area contributed by atoms with Crippen LogP contribution in [-0.2, 0) is 11.2 Å². The minimum atomic E-state index is -0.406. The van der Waals surface area contributed by atoms with Gasteiger partial charge in [0, 0.05) is 0 Å². The molecule has 1 aromatic carbocycles. The van der Waals surface area contributed by atoms with Gasteiger partial charge in [-0.2, -0.15) is 0 Å². The molecule has 20 heavy (non-hydrogen) atoms. The molecule has 6 heteroatoms. The zero-order valence-corrected chi connectivity index (χ0v) is 11.2. The van der Waals surface area contributed by atoms with E-state index in [1.807, 2.05) is 0 Å². The van der Waals surface area contributed by atoms with E-state index in [0.717, 1.165) is 0 Å². The number of hydrogen-bond acceptors (Lipinski definition) is 4. The van der Waals surface area contributed by atoms with Crippen molar-refractivity contribution < 1.29 is 14.3 Å². The number of aliphatic hydroxyl groups is 1. The summed E-state index contributed by atoms with van der Waals surface area (Å²) in [5.74, 6) is 4.44. The van der Waals surface area contributed by atoms with Crippen molar-refractivity contribution in [3.8, 4) is 11.8 Å². The van der Waals surface area contributed by atoms with Crippen molar-refractivity contribution in [3.63, 3.8) is 0 Å². The number of carbonyl (C=O) groups is 1. The van der Waals surface area contributed by atoms with Gasteiger partial charge in [-0.15, -0.1) is 0 Å². The van der Waals surface area contributed by atoms with Crippen LogP contribution in [0.25, 0.3) is 0 Å². The second kappa shape index (κ2) is 6.80. The van der Waals surface area contributed by atoms with Crippen molar-refractivity contribution in [2.24, 2.45) is 0 Å². The lowest BCUT2D eigenvalue weighted by Crippen LogP contribution is -2.14. The van der Waals surface area contributed by atoms with Crippen LogP contribution in [0.5, 0.6) is 0 Å². The van der Waals surface area contributed by atoms with E-state index in [1.54, 1.807) is 18.2 Å². The third kappa shape index (κ3) is 3.88. The molecule has 0 saturated carbocycles. The van der Waals surface area contributed by atoms with Crippen LogP contribution in [0.3, 0.4) is 0 Å². The Bertz CT molecular complexity index is 673. The summed E-state index contributed by atoms with van der Waals surface area (Å²) in [4.78, 5) is 16.4. The van der Waals surface area contributed by atoms with Crippen LogP contribution in [0.1, 0.15) is 10.4 Å². The smallest absolute Gasteiger partial charge is 0.230 e. The molecule has 0 aliphatic heterocycles. The number of aliphatic hydroxyl groups excluding tert-OH is 1. The number of aromatic nitrogens is 1. The molecule has 0 radical (unpaired) electrons. The van der Waals surface area contributed by atoms with Gasteiger partial charge in [-0.05, 0) is 11.6 Å². The largest absolute Gasteiger partial charge is 0.384 e. The number of thiazole rings is 1. The van der Waals surface area contributed by atoms with Crippen molar-refractivity contribution in [1.82, 2.24) is 4.98 Å². The van der Waals surface area contributed by atoms with Gasteiger partial charge in [-0.3, -0.25) is 4.79 Å². The third-order valence-electron chi connectivity index (χ3n) is 2.35. The van der Waals surface area contributed by atoms with E-state index in [-0.39, 0.29) is 18.9 Å². The predicted molar refractivity (Wildman–Crippen MR) is 74.8 cm³/mol. The first-order valence-corrected chi connectivity index (χ1v) is 6.59. The van der Waals surface area contributed by atoms with Crippen molar-refractivity contribution in [2.75, 3.05) is 11.9 Å². The average Bonchev–Trinajstić information content (AvgIpc) is 2.86. The Morgan fingerprint density at radius 2 is 2.25 bits per heavy atom. The summed E-state index contributed by atoms with van der Waals surface area (Å²) in [6.45, 7) is -0.229. The average molecular weight is 290 g/mol. The molecule has 0 fully saturated rings. The maximum atomic E-state index is 13.4. The fourth-order valence-electron chi connectivity index (χ4n) is 1.49. The second-order valence-corrected chi connectivity index (χ2v) is 4.84. The number of benzene rings is 1. The highest BCUT2D eigenvalue weighted by Crippen LogP contribution is 2.17. The topological polar surface area (TPSA) is 62.2 Å². The predicted octanol–water partition coefficient (Wildman–Crippen LogP) is 1.81. The molecule has 0 unspecified atom stereocenters. The Labute approximate surface area is 119 Å². The van der Waals surface area contributed by atoms with Gasteiger partial charge >= 0.3 is 0 Å². The summed E-state index contributed by atoms with van der Waals surface area (Å²) in [6, 6.07) is 6.13. The summed E-state index contributed by atoms with van der Waals surface area (Å²) >= 11 is 1.19. The normalized spacial score (nSPS) is 9.70. The highest BCUT2D eigenvalue weighted by atomic mass is 32.1. The van der Waals surface area contributed by atoms with E-state index in [2.05, 4.69) is 22.1 Å². The second-order valence-electron chi connectivity index (χ2n) is 3.81. The van der Waals surface area contributed by atoms with Crippen LogP contribution in [0.4, 0.5) is 9.52 Å².